The molecule has 0 radical (unpaired) electrons. The summed E-state index contributed by atoms with van der Waals surface area (Å²) in [6, 6.07) is 6.86. The predicted octanol–water partition coefficient (Wildman–Crippen LogP) is 1.01. The van der Waals surface area contributed by atoms with Gasteiger partial charge in [0.2, 0.25) is 12.7 Å². The van der Waals surface area contributed by atoms with Crippen molar-refractivity contribution in [2.75, 3.05) is 27.4 Å². The summed E-state index contributed by atoms with van der Waals surface area (Å²) in [5.74, 6) is 1.17. The number of aryl methyl sites for hydroxylation is 2. The molecule has 0 saturated carbocycles. The van der Waals surface area contributed by atoms with E-state index in [0.29, 0.717) is 30.3 Å². The number of amides is 1. The number of carbonyl (C=O) groups is 1. The fourth-order valence-electron chi connectivity index (χ4n) is 3.20. The van der Waals surface area contributed by atoms with E-state index < -0.39 is 6.04 Å². The number of hydrogen-bond acceptors (Lipinski definition) is 6. The van der Waals surface area contributed by atoms with E-state index >= 15 is 0 Å². The van der Waals surface area contributed by atoms with Crippen molar-refractivity contribution >= 4 is 5.91 Å². The lowest BCUT2D eigenvalue weighted by Crippen LogP contribution is -2.39. The second kappa shape index (κ2) is 7.79. The fourth-order valence-corrected chi connectivity index (χ4v) is 3.20. The number of aromatic nitrogens is 2. The molecule has 2 heterocycles. The molecule has 27 heavy (non-hydrogen) atoms. The molecular weight excluding hydrogens is 348 g/mol. The Balaban J connectivity index is 1.69. The third-order valence-electron chi connectivity index (χ3n) is 4.46. The molecule has 1 aromatic carbocycles. The highest BCUT2D eigenvalue weighted by Gasteiger charge is 2.25. The number of hydrogen-bond donors (Lipinski definition) is 1. The topological polar surface area (TPSA) is 85.7 Å². The molecule has 0 fully saturated rings. The average molecular weight is 372 g/mol. The summed E-state index contributed by atoms with van der Waals surface area (Å²) in [6.45, 7) is 4.53. The van der Waals surface area contributed by atoms with E-state index in [1.807, 2.05) is 50.2 Å². The minimum atomic E-state index is -0.478. The van der Waals surface area contributed by atoms with Gasteiger partial charge in [-0.3, -0.25) is 14.3 Å². The van der Waals surface area contributed by atoms with Gasteiger partial charge in [-0.1, -0.05) is 6.07 Å². The van der Waals surface area contributed by atoms with E-state index in [9.17, 15) is 9.59 Å². The fraction of sp³-hybridized carbons (Fsp3) is 0.421. The Morgan fingerprint density at radius 1 is 1.26 bits per heavy atom. The van der Waals surface area contributed by atoms with Crippen LogP contribution >= 0.6 is 0 Å². The van der Waals surface area contributed by atoms with Gasteiger partial charge in [-0.05, 0) is 51.7 Å². The number of nitrogens with one attached hydrogen (secondary N) is 1. The van der Waals surface area contributed by atoms with E-state index in [0.717, 1.165) is 11.3 Å². The zero-order chi connectivity index (χ0) is 19.6. The Labute approximate surface area is 157 Å². The molecule has 0 bridgehead atoms. The lowest BCUT2D eigenvalue weighted by Gasteiger charge is -2.24. The Bertz CT molecular complexity index is 907. The van der Waals surface area contributed by atoms with Gasteiger partial charge in [0.05, 0.1) is 0 Å². The molecule has 1 atom stereocenters. The molecule has 1 aliphatic rings. The molecule has 0 aliphatic carbocycles. The number of rotatable bonds is 6. The molecule has 3 rings (SSSR count). The van der Waals surface area contributed by atoms with Gasteiger partial charge in [-0.2, -0.15) is 4.98 Å². The van der Waals surface area contributed by atoms with Crippen molar-refractivity contribution in [1.82, 2.24) is 19.8 Å². The summed E-state index contributed by atoms with van der Waals surface area (Å²) < 4.78 is 12.3. The number of nitrogens with zero attached hydrogens (tertiary/aromatic N) is 3. The molecule has 2 aromatic rings. The van der Waals surface area contributed by atoms with Crippen LogP contribution in [0.2, 0.25) is 0 Å². The summed E-state index contributed by atoms with van der Waals surface area (Å²) in [5, 5.41) is 2.91. The molecule has 144 valence electrons. The van der Waals surface area contributed by atoms with Crippen molar-refractivity contribution in [3.05, 3.63) is 51.7 Å². The number of fused-ring (bicyclic) bond motifs is 1. The first kappa shape index (κ1) is 18.9. The number of ether oxygens (including phenoxy) is 2. The highest BCUT2D eigenvalue weighted by molar-refractivity contribution is 5.83. The Morgan fingerprint density at radius 2 is 2.00 bits per heavy atom. The maximum atomic E-state index is 12.8. The molecule has 0 saturated heterocycles. The van der Waals surface area contributed by atoms with Gasteiger partial charge in [0.15, 0.2) is 11.5 Å². The third-order valence-corrected chi connectivity index (χ3v) is 4.46. The number of likely N-dealkylation sites (N-methyl/N-ethyl adjacent to an activating group) is 1. The zero-order valence-electron chi connectivity index (χ0n) is 16.0. The minimum absolute atomic E-state index is 0.148. The summed E-state index contributed by atoms with van der Waals surface area (Å²) in [7, 11) is 3.68. The van der Waals surface area contributed by atoms with Crippen molar-refractivity contribution in [3.8, 4) is 11.5 Å². The SMILES string of the molecule is Cc1cc(C)n(CCNC(=O)C(c2ccc3c(c2)OCO3)N(C)C)c(=O)n1. The largest absolute Gasteiger partial charge is 0.454 e. The van der Waals surface area contributed by atoms with Crippen LogP contribution in [0.1, 0.15) is 23.0 Å². The molecule has 8 nitrogen and oxygen atoms in total. The number of carbonyl (C=O) groups excluding carboxylic acids is 1. The van der Waals surface area contributed by atoms with Gasteiger partial charge in [0, 0.05) is 24.5 Å². The summed E-state index contributed by atoms with van der Waals surface area (Å²) in [4.78, 5) is 30.6. The average Bonchev–Trinajstić information content (AvgIpc) is 3.04. The van der Waals surface area contributed by atoms with Gasteiger partial charge in [0.1, 0.15) is 6.04 Å². The van der Waals surface area contributed by atoms with Crippen LogP contribution in [0.4, 0.5) is 0 Å². The van der Waals surface area contributed by atoms with E-state index in [-0.39, 0.29) is 18.4 Å². The molecule has 8 heteroatoms. The Morgan fingerprint density at radius 3 is 2.70 bits per heavy atom. The monoisotopic (exact) mass is 372 g/mol. The van der Waals surface area contributed by atoms with Crippen LogP contribution in [0.3, 0.4) is 0 Å². The normalized spacial score (nSPS) is 13.7. The highest BCUT2D eigenvalue weighted by Crippen LogP contribution is 2.35. The smallest absolute Gasteiger partial charge is 0.348 e. The van der Waals surface area contributed by atoms with Gasteiger partial charge < -0.3 is 14.8 Å². The van der Waals surface area contributed by atoms with Crippen LogP contribution in [-0.2, 0) is 11.3 Å². The summed E-state index contributed by atoms with van der Waals surface area (Å²) in [6.07, 6.45) is 0. The molecular formula is C19H24N4O4. The zero-order valence-corrected chi connectivity index (χ0v) is 16.0. The van der Waals surface area contributed by atoms with E-state index in [2.05, 4.69) is 10.3 Å². The van der Waals surface area contributed by atoms with Crippen LogP contribution in [-0.4, -0.2) is 47.8 Å². The maximum Gasteiger partial charge on any atom is 0.348 e. The van der Waals surface area contributed by atoms with Gasteiger partial charge >= 0.3 is 5.69 Å². The molecule has 1 unspecified atom stereocenters. The van der Waals surface area contributed by atoms with Gasteiger partial charge in [-0.15, -0.1) is 0 Å². The van der Waals surface area contributed by atoms with Crippen molar-refractivity contribution in [3.63, 3.8) is 0 Å². The van der Waals surface area contributed by atoms with Crippen LogP contribution < -0.4 is 20.5 Å². The molecule has 1 aliphatic heterocycles. The van der Waals surface area contributed by atoms with Crippen molar-refractivity contribution in [2.45, 2.75) is 26.4 Å². The van der Waals surface area contributed by atoms with Crippen molar-refractivity contribution < 1.29 is 14.3 Å². The van der Waals surface area contributed by atoms with E-state index in [1.165, 1.54) is 0 Å². The van der Waals surface area contributed by atoms with E-state index in [1.54, 1.807) is 11.5 Å². The lowest BCUT2D eigenvalue weighted by molar-refractivity contribution is -0.125. The van der Waals surface area contributed by atoms with E-state index in [4.69, 9.17) is 9.47 Å². The van der Waals surface area contributed by atoms with Crippen molar-refractivity contribution in [2.24, 2.45) is 0 Å². The summed E-state index contributed by atoms with van der Waals surface area (Å²) >= 11 is 0. The van der Waals surface area contributed by atoms with Crippen LogP contribution in [0.5, 0.6) is 11.5 Å². The Hall–Kier alpha value is -2.87. The first-order valence-electron chi connectivity index (χ1n) is 8.75. The Kier molecular flexibility index (Phi) is 5.46. The van der Waals surface area contributed by atoms with Crippen LogP contribution in [0.25, 0.3) is 0 Å². The van der Waals surface area contributed by atoms with Crippen LogP contribution in [0.15, 0.2) is 29.1 Å². The standard InChI is InChI=1S/C19H24N4O4/c1-12-9-13(2)23(19(25)21-12)8-7-20-18(24)17(22(3)4)14-5-6-15-16(10-14)27-11-26-15/h5-6,9-10,17H,7-8,11H2,1-4H3,(H,20,24). The molecule has 1 amide bonds. The van der Waals surface area contributed by atoms with Gasteiger partial charge in [0.25, 0.3) is 0 Å². The summed E-state index contributed by atoms with van der Waals surface area (Å²) in [5.41, 5.74) is 2.02. The lowest BCUT2D eigenvalue weighted by atomic mass is 10.0. The second-order valence-corrected chi connectivity index (χ2v) is 6.74. The molecule has 1 aromatic heterocycles. The quantitative estimate of drug-likeness (QED) is 0.815. The molecule has 0 spiro atoms. The second-order valence-electron chi connectivity index (χ2n) is 6.74. The highest BCUT2D eigenvalue weighted by atomic mass is 16.7. The molecule has 1 N–H and O–H groups in total. The predicted molar refractivity (Wildman–Crippen MR) is 100.0 cm³/mol. The van der Waals surface area contributed by atoms with Crippen LogP contribution in [0, 0.1) is 13.8 Å². The minimum Gasteiger partial charge on any atom is -0.454 e. The first-order chi connectivity index (χ1) is 12.9. The first-order valence-corrected chi connectivity index (χ1v) is 8.75. The van der Waals surface area contributed by atoms with Crippen molar-refractivity contribution in [1.29, 1.82) is 0 Å². The van der Waals surface area contributed by atoms with Gasteiger partial charge in [-0.25, -0.2) is 4.79 Å². The third kappa shape index (κ3) is 4.11. The maximum absolute atomic E-state index is 12.8. The number of benzene rings is 1.